The smallest absolute Gasteiger partial charge is 0.337 e. The lowest BCUT2D eigenvalue weighted by Crippen LogP contribution is -2.05. The summed E-state index contributed by atoms with van der Waals surface area (Å²) in [6.45, 7) is 0. The Morgan fingerprint density at radius 3 is 2.38 bits per heavy atom. The van der Waals surface area contributed by atoms with E-state index in [0.717, 1.165) is 18.2 Å². The standard InChI is InChI=1S/C13H6F5N3/c14-7-2-4-8-11(10(7)15)21-12(20-8)9-3-1-6(5-19-9)13(16,17)18/h1-5H,(H,20,21). The molecule has 3 aromatic rings. The zero-order chi connectivity index (χ0) is 15.2. The molecular formula is C13H6F5N3. The van der Waals surface area contributed by atoms with Gasteiger partial charge in [-0.1, -0.05) is 0 Å². The van der Waals surface area contributed by atoms with Crippen molar-refractivity contribution in [2.75, 3.05) is 0 Å². The number of pyridine rings is 1. The molecule has 0 radical (unpaired) electrons. The minimum absolute atomic E-state index is 0.0585. The molecule has 0 bridgehead atoms. The predicted molar refractivity (Wildman–Crippen MR) is 64.2 cm³/mol. The van der Waals surface area contributed by atoms with Crippen molar-refractivity contribution < 1.29 is 22.0 Å². The summed E-state index contributed by atoms with van der Waals surface area (Å²) in [5.74, 6) is -2.12. The number of aromatic nitrogens is 3. The van der Waals surface area contributed by atoms with Gasteiger partial charge in [0.15, 0.2) is 17.5 Å². The van der Waals surface area contributed by atoms with Crippen molar-refractivity contribution in [1.82, 2.24) is 15.0 Å². The molecule has 0 amide bonds. The van der Waals surface area contributed by atoms with Crippen molar-refractivity contribution in [3.05, 3.63) is 47.7 Å². The molecule has 1 N–H and O–H groups in total. The largest absolute Gasteiger partial charge is 0.417 e. The van der Waals surface area contributed by atoms with Gasteiger partial charge in [-0.25, -0.2) is 13.8 Å². The van der Waals surface area contributed by atoms with E-state index in [2.05, 4.69) is 15.0 Å². The number of hydrogen-bond donors (Lipinski definition) is 1. The molecule has 0 aliphatic heterocycles. The van der Waals surface area contributed by atoms with Crippen LogP contribution in [0.15, 0.2) is 30.5 Å². The van der Waals surface area contributed by atoms with Crippen molar-refractivity contribution >= 4 is 11.0 Å². The van der Waals surface area contributed by atoms with Gasteiger partial charge >= 0.3 is 6.18 Å². The average molecular weight is 299 g/mol. The number of hydrogen-bond acceptors (Lipinski definition) is 2. The lowest BCUT2D eigenvalue weighted by atomic mass is 10.2. The highest BCUT2D eigenvalue weighted by Gasteiger charge is 2.30. The maximum absolute atomic E-state index is 13.5. The molecule has 0 atom stereocenters. The Balaban J connectivity index is 2.06. The van der Waals surface area contributed by atoms with Crippen LogP contribution in [-0.2, 0) is 6.18 Å². The van der Waals surface area contributed by atoms with E-state index in [4.69, 9.17) is 0 Å². The Kier molecular flexibility index (Phi) is 2.89. The Bertz CT molecular complexity index is 805. The number of imidazole rings is 1. The number of aromatic amines is 1. The van der Waals surface area contributed by atoms with Crippen LogP contribution in [0.25, 0.3) is 22.6 Å². The Morgan fingerprint density at radius 2 is 1.76 bits per heavy atom. The number of nitrogens with zero attached hydrogens (tertiary/aromatic N) is 2. The first-order valence-corrected chi connectivity index (χ1v) is 5.73. The SMILES string of the molecule is Fc1ccc2[nH]c(-c3ccc(C(F)(F)F)cn3)nc2c1F. The first-order valence-electron chi connectivity index (χ1n) is 5.73. The van der Waals surface area contributed by atoms with Crippen LogP contribution < -0.4 is 0 Å². The van der Waals surface area contributed by atoms with Crippen LogP contribution in [0.2, 0.25) is 0 Å². The summed E-state index contributed by atoms with van der Waals surface area (Å²) in [6, 6.07) is 4.16. The molecule has 21 heavy (non-hydrogen) atoms. The molecule has 108 valence electrons. The molecule has 0 aliphatic carbocycles. The minimum atomic E-state index is -4.49. The zero-order valence-electron chi connectivity index (χ0n) is 10.2. The molecule has 0 fully saturated rings. The van der Waals surface area contributed by atoms with Gasteiger partial charge in [-0.05, 0) is 24.3 Å². The Hall–Kier alpha value is -2.51. The molecule has 1 aromatic carbocycles. The Morgan fingerprint density at radius 1 is 1.00 bits per heavy atom. The van der Waals surface area contributed by atoms with Crippen molar-refractivity contribution in [2.45, 2.75) is 6.18 Å². The van der Waals surface area contributed by atoms with E-state index in [-0.39, 0.29) is 22.6 Å². The summed E-state index contributed by atoms with van der Waals surface area (Å²) in [4.78, 5) is 10.1. The summed E-state index contributed by atoms with van der Waals surface area (Å²) >= 11 is 0. The second-order valence-electron chi connectivity index (χ2n) is 4.27. The highest BCUT2D eigenvalue weighted by molar-refractivity contribution is 5.79. The maximum atomic E-state index is 13.5. The fourth-order valence-corrected chi connectivity index (χ4v) is 1.84. The van der Waals surface area contributed by atoms with Gasteiger partial charge in [-0.3, -0.25) is 4.98 Å². The van der Waals surface area contributed by atoms with E-state index in [1.807, 2.05) is 0 Å². The van der Waals surface area contributed by atoms with Crippen LogP contribution in [0.3, 0.4) is 0 Å². The molecule has 0 saturated heterocycles. The molecule has 0 aliphatic rings. The van der Waals surface area contributed by atoms with Gasteiger partial charge in [0, 0.05) is 6.20 Å². The van der Waals surface area contributed by atoms with E-state index in [9.17, 15) is 22.0 Å². The molecule has 8 heteroatoms. The second kappa shape index (κ2) is 4.51. The van der Waals surface area contributed by atoms with Crippen LogP contribution in [0.4, 0.5) is 22.0 Å². The van der Waals surface area contributed by atoms with Crippen LogP contribution in [-0.4, -0.2) is 15.0 Å². The fourth-order valence-electron chi connectivity index (χ4n) is 1.84. The molecule has 2 aromatic heterocycles. The molecule has 3 rings (SSSR count). The van der Waals surface area contributed by atoms with E-state index < -0.39 is 23.4 Å². The quantitative estimate of drug-likeness (QED) is 0.692. The lowest BCUT2D eigenvalue weighted by molar-refractivity contribution is -0.137. The predicted octanol–water partition coefficient (Wildman–Crippen LogP) is 3.92. The average Bonchev–Trinajstić information content (AvgIpc) is 2.87. The van der Waals surface area contributed by atoms with Crippen molar-refractivity contribution in [3.8, 4) is 11.5 Å². The topological polar surface area (TPSA) is 41.6 Å². The third-order valence-corrected chi connectivity index (χ3v) is 2.88. The third kappa shape index (κ3) is 2.32. The molecule has 0 unspecified atom stereocenters. The first kappa shape index (κ1) is 13.5. The van der Waals surface area contributed by atoms with Gasteiger partial charge < -0.3 is 4.98 Å². The molecular weight excluding hydrogens is 293 g/mol. The zero-order valence-corrected chi connectivity index (χ0v) is 10.2. The maximum Gasteiger partial charge on any atom is 0.417 e. The van der Waals surface area contributed by atoms with Gasteiger partial charge in [-0.2, -0.15) is 13.2 Å². The fraction of sp³-hybridized carbons (Fsp3) is 0.0769. The lowest BCUT2D eigenvalue weighted by Gasteiger charge is -2.05. The summed E-state index contributed by atoms with van der Waals surface area (Å²) < 4.78 is 63.9. The summed E-state index contributed by atoms with van der Waals surface area (Å²) in [6.07, 6.45) is -3.84. The number of halogens is 5. The molecule has 0 saturated carbocycles. The number of nitrogens with one attached hydrogen (secondary N) is 1. The minimum Gasteiger partial charge on any atom is -0.337 e. The van der Waals surface area contributed by atoms with Crippen LogP contribution in [0, 0.1) is 11.6 Å². The number of benzene rings is 1. The molecule has 3 nitrogen and oxygen atoms in total. The van der Waals surface area contributed by atoms with Gasteiger partial charge in [0.2, 0.25) is 0 Å². The monoisotopic (exact) mass is 299 g/mol. The van der Waals surface area contributed by atoms with Gasteiger partial charge in [-0.15, -0.1) is 0 Å². The van der Waals surface area contributed by atoms with Crippen LogP contribution in [0.1, 0.15) is 5.56 Å². The van der Waals surface area contributed by atoms with Gasteiger partial charge in [0.25, 0.3) is 0 Å². The number of fused-ring (bicyclic) bond motifs is 1. The number of alkyl halides is 3. The summed E-state index contributed by atoms with van der Waals surface area (Å²) in [5, 5.41) is 0. The van der Waals surface area contributed by atoms with E-state index in [0.29, 0.717) is 6.20 Å². The van der Waals surface area contributed by atoms with Crippen molar-refractivity contribution in [3.63, 3.8) is 0 Å². The van der Waals surface area contributed by atoms with E-state index in [1.165, 1.54) is 6.07 Å². The van der Waals surface area contributed by atoms with Crippen LogP contribution >= 0.6 is 0 Å². The normalized spacial score (nSPS) is 12.0. The van der Waals surface area contributed by atoms with Crippen LogP contribution in [0.5, 0.6) is 0 Å². The van der Waals surface area contributed by atoms with Gasteiger partial charge in [0.1, 0.15) is 11.2 Å². The van der Waals surface area contributed by atoms with E-state index >= 15 is 0 Å². The highest BCUT2D eigenvalue weighted by atomic mass is 19.4. The summed E-state index contributed by atoms with van der Waals surface area (Å²) in [7, 11) is 0. The second-order valence-corrected chi connectivity index (χ2v) is 4.27. The number of H-pyrrole nitrogens is 1. The van der Waals surface area contributed by atoms with Crippen molar-refractivity contribution in [1.29, 1.82) is 0 Å². The summed E-state index contributed by atoms with van der Waals surface area (Å²) in [5.41, 5.74) is -0.809. The van der Waals surface area contributed by atoms with E-state index in [1.54, 1.807) is 0 Å². The third-order valence-electron chi connectivity index (χ3n) is 2.88. The molecule has 0 spiro atoms. The Labute approximate surface area is 114 Å². The highest BCUT2D eigenvalue weighted by Crippen LogP contribution is 2.30. The first-order chi connectivity index (χ1) is 9.86. The van der Waals surface area contributed by atoms with Gasteiger partial charge in [0.05, 0.1) is 11.1 Å². The number of rotatable bonds is 1. The molecule has 2 heterocycles. The van der Waals surface area contributed by atoms with Crippen molar-refractivity contribution in [2.24, 2.45) is 0 Å².